The number of rotatable bonds is 6. The molecule has 0 bridgehead atoms. The minimum atomic E-state index is 0.311. The first-order valence-corrected chi connectivity index (χ1v) is 8.73. The molecule has 6 heteroatoms. The monoisotopic (exact) mass is 368 g/mol. The highest BCUT2D eigenvalue weighted by atomic mass is 79.9. The minimum Gasteiger partial charge on any atom is -0.370 e. The van der Waals surface area contributed by atoms with Gasteiger partial charge in [0.1, 0.15) is 17.5 Å². The summed E-state index contributed by atoms with van der Waals surface area (Å²) in [6.07, 6.45) is 0. The second-order valence-corrected chi connectivity index (χ2v) is 7.56. The Morgan fingerprint density at radius 2 is 2.10 bits per heavy atom. The molecule has 0 amide bonds. The zero-order valence-electron chi connectivity index (χ0n) is 12.9. The molecule has 114 valence electrons. The van der Waals surface area contributed by atoms with Crippen molar-refractivity contribution in [3.8, 4) is 0 Å². The molecule has 0 aliphatic carbocycles. The summed E-state index contributed by atoms with van der Waals surface area (Å²) in [6.45, 7) is 8.00. The fraction of sp³-hybridized carbons (Fsp3) is 0.467. The van der Waals surface area contributed by atoms with Crippen LogP contribution >= 0.6 is 27.3 Å². The van der Waals surface area contributed by atoms with Crippen molar-refractivity contribution in [2.75, 3.05) is 23.8 Å². The van der Waals surface area contributed by atoms with Gasteiger partial charge in [-0.05, 0) is 39.9 Å². The van der Waals surface area contributed by atoms with Crippen LogP contribution < -0.4 is 10.2 Å². The van der Waals surface area contributed by atoms with Gasteiger partial charge in [0.2, 0.25) is 0 Å². The predicted molar refractivity (Wildman–Crippen MR) is 94.4 cm³/mol. The van der Waals surface area contributed by atoms with Gasteiger partial charge in [0.05, 0.1) is 3.79 Å². The summed E-state index contributed by atoms with van der Waals surface area (Å²) in [4.78, 5) is 11.4. The van der Waals surface area contributed by atoms with Gasteiger partial charge >= 0.3 is 0 Å². The number of thiophene rings is 1. The number of nitrogens with one attached hydrogen (secondary N) is 1. The van der Waals surface area contributed by atoms with Crippen molar-refractivity contribution in [1.29, 1.82) is 0 Å². The fourth-order valence-electron chi connectivity index (χ4n) is 1.96. The van der Waals surface area contributed by atoms with Crippen LogP contribution in [0.15, 0.2) is 21.3 Å². The first-order valence-electron chi connectivity index (χ1n) is 7.06. The lowest BCUT2D eigenvalue weighted by atomic mass is 10.2. The van der Waals surface area contributed by atoms with Crippen LogP contribution in [0.4, 0.5) is 11.6 Å². The molecular weight excluding hydrogens is 348 g/mol. The molecule has 2 aromatic rings. The number of hydrogen-bond acceptors (Lipinski definition) is 5. The summed E-state index contributed by atoms with van der Waals surface area (Å²) in [5, 5.41) is 5.45. The van der Waals surface area contributed by atoms with Gasteiger partial charge in [0.15, 0.2) is 0 Å². The summed E-state index contributed by atoms with van der Waals surface area (Å²) in [5.41, 5.74) is 1.28. The lowest BCUT2D eigenvalue weighted by Crippen LogP contribution is -2.19. The highest BCUT2D eigenvalue weighted by Crippen LogP contribution is 2.24. The second kappa shape index (κ2) is 7.22. The van der Waals surface area contributed by atoms with Gasteiger partial charge in [-0.25, -0.2) is 9.97 Å². The Labute approximate surface area is 138 Å². The van der Waals surface area contributed by atoms with Crippen LogP contribution in [-0.4, -0.2) is 23.6 Å². The summed E-state index contributed by atoms with van der Waals surface area (Å²) < 4.78 is 1.16. The molecular formula is C15H21BrN4S. The molecule has 0 unspecified atom stereocenters. The molecule has 0 atom stereocenters. The van der Waals surface area contributed by atoms with E-state index in [1.54, 1.807) is 11.3 Å². The quantitative estimate of drug-likeness (QED) is 0.815. The maximum Gasteiger partial charge on any atom is 0.135 e. The first-order chi connectivity index (χ1) is 9.99. The molecule has 1 N–H and O–H groups in total. The Bertz CT molecular complexity index is 597. The molecule has 2 heterocycles. The van der Waals surface area contributed by atoms with E-state index in [1.165, 1.54) is 5.56 Å². The molecule has 0 aliphatic rings. The van der Waals surface area contributed by atoms with E-state index in [4.69, 9.17) is 0 Å². The Hall–Kier alpha value is -1.14. The van der Waals surface area contributed by atoms with E-state index in [1.807, 2.05) is 6.07 Å². The Morgan fingerprint density at radius 3 is 2.67 bits per heavy atom. The molecule has 2 rings (SSSR count). The Morgan fingerprint density at radius 1 is 1.33 bits per heavy atom. The minimum absolute atomic E-state index is 0.311. The zero-order valence-corrected chi connectivity index (χ0v) is 15.3. The van der Waals surface area contributed by atoms with Crippen LogP contribution in [0.1, 0.15) is 38.1 Å². The van der Waals surface area contributed by atoms with E-state index in [2.05, 4.69) is 75.4 Å². The van der Waals surface area contributed by atoms with Gasteiger partial charge in [-0.15, -0.1) is 11.3 Å². The third-order valence-corrected chi connectivity index (χ3v) is 4.59. The van der Waals surface area contributed by atoms with Gasteiger partial charge in [-0.2, -0.15) is 0 Å². The predicted octanol–water partition coefficient (Wildman–Crippen LogP) is 4.49. The summed E-state index contributed by atoms with van der Waals surface area (Å²) in [5.74, 6) is 3.03. The number of hydrogen-bond donors (Lipinski definition) is 1. The van der Waals surface area contributed by atoms with Crippen molar-refractivity contribution in [3.05, 3.63) is 32.7 Å². The molecule has 0 spiro atoms. The van der Waals surface area contributed by atoms with Gasteiger partial charge in [-0.3, -0.25) is 0 Å². The van der Waals surface area contributed by atoms with E-state index >= 15 is 0 Å². The van der Waals surface area contributed by atoms with E-state index in [0.29, 0.717) is 5.92 Å². The standard InChI is InChI=1S/C15H21BrN4S/c1-5-17-13-7-14(19-15(18-13)10(2)3)20(4)8-11-6-12(16)21-9-11/h6-7,9-10H,5,8H2,1-4H3,(H,17,18,19). The normalized spacial score (nSPS) is 11.0. The molecule has 0 radical (unpaired) electrons. The van der Waals surface area contributed by atoms with E-state index < -0.39 is 0 Å². The third kappa shape index (κ3) is 4.41. The maximum atomic E-state index is 4.68. The highest BCUT2D eigenvalue weighted by Gasteiger charge is 2.11. The summed E-state index contributed by atoms with van der Waals surface area (Å²) in [7, 11) is 2.06. The van der Waals surface area contributed by atoms with E-state index in [9.17, 15) is 0 Å². The average Bonchev–Trinajstić information content (AvgIpc) is 2.84. The van der Waals surface area contributed by atoms with Crippen LogP contribution in [0.5, 0.6) is 0 Å². The van der Waals surface area contributed by atoms with Crippen LogP contribution in [0.3, 0.4) is 0 Å². The molecule has 0 saturated carbocycles. The first kappa shape index (κ1) is 16.2. The smallest absolute Gasteiger partial charge is 0.135 e. The van der Waals surface area contributed by atoms with Crippen molar-refractivity contribution < 1.29 is 0 Å². The van der Waals surface area contributed by atoms with Crippen molar-refractivity contribution in [2.24, 2.45) is 0 Å². The van der Waals surface area contributed by atoms with Crippen molar-refractivity contribution >= 4 is 38.9 Å². The Balaban J connectivity index is 2.24. The van der Waals surface area contributed by atoms with Gasteiger partial charge in [0.25, 0.3) is 0 Å². The van der Waals surface area contributed by atoms with Crippen molar-refractivity contribution in [3.63, 3.8) is 0 Å². The number of nitrogens with zero attached hydrogens (tertiary/aromatic N) is 3. The maximum absolute atomic E-state index is 4.68. The topological polar surface area (TPSA) is 41.0 Å². The lowest BCUT2D eigenvalue weighted by molar-refractivity contribution is 0.763. The highest BCUT2D eigenvalue weighted by molar-refractivity contribution is 9.11. The number of halogens is 1. The van der Waals surface area contributed by atoms with E-state index in [-0.39, 0.29) is 0 Å². The Kier molecular flexibility index (Phi) is 5.58. The largest absolute Gasteiger partial charge is 0.370 e. The molecule has 0 fully saturated rings. The lowest BCUT2D eigenvalue weighted by Gasteiger charge is -2.20. The fourth-order valence-corrected chi connectivity index (χ4v) is 3.16. The van der Waals surface area contributed by atoms with Crippen molar-refractivity contribution in [2.45, 2.75) is 33.2 Å². The van der Waals surface area contributed by atoms with Crippen LogP contribution in [0.25, 0.3) is 0 Å². The number of anilines is 2. The van der Waals surface area contributed by atoms with Crippen LogP contribution in [0, 0.1) is 0 Å². The molecule has 2 aromatic heterocycles. The van der Waals surface area contributed by atoms with Crippen molar-refractivity contribution in [1.82, 2.24) is 9.97 Å². The van der Waals surface area contributed by atoms with Crippen LogP contribution in [0.2, 0.25) is 0 Å². The average molecular weight is 369 g/mol. The van der Waals surface area contributed by atoms with E-state index in [0.717, 1.165) is 34.3 Å². The molecule has 0 aliphatic heterocycles. The van der Waals surface area contributed by atoms with Gasteiger partial charge < -0.3 is 10.2 Å². The second-order valence-electron chi connectivity index (χ2n) is 5.27. The molecule has 21 heavy (non-hydrogen) atoms. The molecule has 0 aromatic carbocycles. The number of aromatic nitrogens is 2. The molecule has 4 nitrogen and oxygen atoms in total. The zero-order chi connectivity index (χ0) is 15.4. The summed E-state index contributed by atoms with van der Waals surface area (Å²) in [6, 6.07) is 4.16. The van der Waals surface area contributed by atoms with Crippen LogP contribution in [-0.2, 0) is 6.54 Å². The SMILES string of the molecule is CCNc1cc(N(C)Cc2csc(Br)c2)nc(C(C)C)n1. The molecule has 0 saturated heterocycles. The van der Waals surface area contributed by atoms with Gasteiger partial charge in [-0.1, -0.05) is 13.8 Å². The third-order valence-electron chi connectivity index (χ3n) is 3.04. The van der Waals surface area contributed by atoms with Gasteiger partial charge in [0, 0.05) is 32.1 Å². The summed E-state index contributed by atoms with van der Waals surface area (Å²) >= 11 is 5.21.